The van der Waals surface area contributed by atoms with Gasteiger partial charge >= 0.3 is 5.97 Å². The Morgan fingerprint density at radius 1 is 1.32 bits per heavy atom. The number of carbonyl (C=O) groups is 1. The molecule has 0 spiro atoms. The zero-order valence-corrected chi connectivity index (χ0v) is 13.0. The maximum atomic E-state index is 11.6. The number of halogens is 1. The molecule has 3 rings (SSSR count). The summed E-state index contributed by atoms with van der Waals surface area (Å²) in [7, 11) is 1.26. The highest BCUT2D eigenvalue weighted by Gasteiger charge is 2.13. The monoisotopic (exact) mass is 334 g/mol. The topological polar surface area (TPSA) is 71.5 Å². The molecule has 1 heterocycles. The molecule has 2 N–H and O–H groups in total. The molecule has 7 heteroatoms. The number of aromatic nitrogens is 1. The first-order valence-corrected chi connectivity index (χ1v) is 7.51. The molecule has 0 aliphatic rings. The number of phenolic OH excluding ortho intramolecular Hbond substituents is 1. The fourth-order valence-electron chi connectivity index (χ4n) is 1.96. The molecular weight excluding hydrogens is 324 g/mol. The van der Waals surface area contributed by atoms with Crippen molar-refractivity contribution in [2.45, 2.75) is 0 Å². The van der Waals surface area contributed by atoms with Crippen LogP contribution in [-0.4, -0.2) is 23.2 Å². The van der Waals surface area contributed by atoms with Gasteiger partial charge in [-0.15, -0.1) is 0 Å². The van der Waals surface area contributed by atoms with Gasteiger partial charge in [0.05, 0.1) is 17.3 Å². The first-order chi connectivity index (χ1) is 10.6. The predicted octanol–water partition coefficient (Wildman–Crippen LogP) is 4.19. The first-order valence-electron chi connectivity index (χ1n) is 6.31. The summed E-state index contributed by atoms with van der Waals surface area (Å²) in [5, 5.41) is 14.1. The number of hydrogen-bond donors (Lipinski definition) is 2. The Balaban J connectivity index is 1.92. The van der Waals surface area contributed by atoms with Gasteiger partial charge in [0.1, 0.15) is 11.3 Å². The fourth-order valence-corrected chi connectivity index (χ4v) is 3.12. The summed E-state index contributed by atoms with van der Waals surface area (Å²) in [4.78, 5) is 16.0. The lowest BCUT2D eigenvalue weighted by molar-refractivity contribution is 0.0597. The van der Waals surface area contributed by atoms with Crippen LogP contribution < -0.4 is 5.32 Å². The average molecular weight is 335 g/mol. The van der Waals surface area contributed by atoms with Gasteiger partial charge in [-0.05, 0) is 36.4 Å². The highest BCUT2D eigenvalue weighted by molar-refractivity contribution is 7.22. The van der Waals surface area contributed by atoms with Crippen LogP contribution in [-0.2, 0) is 4.74 Å². The summed E-state index contributed by atoms with van der Waals surface area (Å²) in [6.45, 7) is 0. The SMILES string of the molecule is COC(=O)c1cc(Nc2nc3ccc(Cl)cc3s2)ccc1O. The molecule has 0 bridgehead atoms. The number of aromatic hydroxyl groups is 1. The maximum absolute atomic E-state index is 11.6. The van der Waals surface area contributed by atoms with E-state index in [9.17, 15) is 9.90 Å². The number of fused-ring (bicyclic) bond motifs is 1. The summed E-state index contributed by atoms with van der Waals surface area (Å²) < 4.78 is 5.59. The van der Waals surface area contributed by atoms with Crippen molar-refractivity contribution in [3.63, 3.8) is 0 Å². The molecule has 0 fully saturated rings. The molecule has 0 unspecified atom stereocenters. The van der Waals surface area contributed by atoms with Crippen molar-refractivity contribution in [2.24, 2.45) is 0 Å². The van der Waals surface area contributed by atoms with Gasteiger partial charge in [-0.1, -0.05) is 22.9 Å². The van der Waals surface area contributed by atoms with Crippen LogP contribution in [0.25, 0.3) is 10.2 Å². The normalized spacial score (nSPS) is 10.6. The average Bonchev–Trinajstić information content (AvgIpc) is 2.89. The summed E-state index contributed by atoms with van der Waals surface area (Å²) in [6.07, 6.45) is 0. The Kier molecular flexibility index (Phi) is 3.87. The maximum Gasteiger partial charge on any atom is 0.341 e. The van der Waals surface area contributed by atoms with E-state index < -0.39 is 5.97 Å². The summed E-state index contributed by atoms with van der Waals surface area (Å²) in [6, 6.07) is 10.1. The molecule has 0 aliphatic heterocycles. The number of phenols is 1. The molecule has 0 amide bonds. The van der Waals surface area contributed by atoms with Gasteiger partial charge in [0, 0.05) is 10.7 Å². The summed E-state index contributed by atoms with van der Waals surface area (Å²) in [5.74, 6) is -0.731. The molecule has 2 aromatic carbocycles. The number of nitrogens with zero attached hydrogens (tertiary/aromatic N) is 1. The molecule has 1 aromatic heterocycles. The first kappa shape index (κ1) is 14.6. The number of methoxy groups -OCH3 is 1. The number of thiazole rings is 1. The Hall–Kier alpha value is -2.31. The second kappa shape index (κ2) is 5.82. The second-order valence-corrected chi connectivity index (χ2v) is 5.95. The van der Waals surface area contributed by atoms with Crippen molar-refractivity contribution in [1.82, 2.24) is 4.98 Å². The number of anilines is 2. The zero-order valence-electron chi connectivity index (χ0n) is 11.5. The minimum absolute atomic E-state index is 0.0941. The minimum atomic E-state index is -0.600. The van der Waals surface area contributed by atoms with Crippen molar-refractivity contribution >= 4 is 49.9 Å². The van der Waals surface area contributed by atoms with E-state index in [1.165, 1.54) is 30.6 Å². The Bertz CT molecular complexity index is 863. The van der Waals surface area contributed by atoms with Crippen molar-refractivity contribution in [1.29, 1.82) is 0 Å². The van der Waals surface area contributed by atoms with Crippen LogP contribution in [0.2, 0.25) is 5.02 Å². The van der Waals surface area contributed by atoms with Gasteiger partial charge in [0.2, 0.25) is 0 Å². The van der Waals surface area contributed by atoms with E-state index in [0.717, 1.165) is 10.2 Å². The van der Waals surface area contributed by atoms with Crippen molar-refractivity contribution in [3.8, 4) is 5.75 Å². The quantitative estimate of drug-likeness (QED) is 0.555. The largest absolute Gasteiger partial charge is 0.507 e. The van der Waals surface area contributed by atoms with Gasteiger partial charge in [-0.25, -0.2) is 9.78 Å². The molecule has 3 aromatic rings. The molecule has 0 atom stereocenters. The van der Waals surface area contributed by atoms with Gasteiger partial charge < -0.3 is 15.2 Å². The third-order valence-electron chi connectivity index (χ3n) is 3.00. The number of nitrogens with one attached hydrogen (secondary N) is 1. The lowest BCUT2D eigenvalue weighted by Gasteiger charge is -2.06. The van der Waals surface area contributed by atoms with E-state index >= 15 is 0 Å². The number of ether oxygens (including phenoxy) is 1. The Morgan fingerprint density at radius 2 is 2.14 bits per heavy atom. The number of benzene rings is 2. The summed E-state index contributed by atoms with van der Waals surface area (Å²) in [5.41, 5.74) is 1.56. The fraction of sp³-hybridized carbons (Fsp3) is 0.0667. The minimum Gasteiger partial charge on any atom is -0.507 e. The van der Waals surface area contributed by atoms with E-state index in [0.29, 0.717) is 15.8 Å². The van der Waals surface area contributed by atoms with Crippen LogP contribution in [0.5, 0.6) is 5.75 Å². The van der Waals surface area contributed by atoms with Crippen LogP contribution in [0, 0.1) is 0 Å². The molecule has 0 saturated heterocycles. The van der Waals surface area contributed by atoms with Crippen LogP contribution >= 0.6 is 22.9 Å². The molecule has 0 aliphatic carbocycles. The standard InChI is InChI=1S/C15H11ClN2O3S/c1-21-14(20)10-7-9(3-5-12(10)19)17-15-18-11-4-2-8(16)6-13(11)22-15/h2-7,19H,1H3,(H,17,18). The molecular formula is C15H11ClN2O3S. The number of esters is 1. The number of carbonyl (C=O) groups excluding carboxylic acids is 1. The lowest BCUT2D eigenvalue weighted by Crippen LogP contribution is -2.02. The van der Waals surface area contributed by atoms with Gasteiger partial charge in [-0.3, -0.25) is 0 Å². The lowest BCUT2D eigenvalue weighted by atomic mass is 10.2. The Labute approximate surface area is 135 Å². The summed E-state index contributed by atoms with van der Waals surface area (Å²) >= 11 is 7.40. The van der Waals surface area contributed by atoms with Crippen molar-refractivity contribution in [3.05, 3.63) is 47.0 Å². The highest BCUT2D eigenvalue weighted by atomic mass is 35.5. The molecule has 0 saturated carbocycles. The van der Waals surface area contributed by atoms with Gasteiger partial charge in [0.25, 0.3) is 0 Å². The van der Waals surface area contributed by atoms with Crippen LogP contribution in [0.3, 0.4) is 0 Å². The Morgan fingerprint density at radius 3 is 2.91 bits per heavy atom. The third kappa shape index (κ3) is 2.84. The highest BCUT2D eigenvalue weighted by Crippen LogP contribution is 2.31. The van der Waals surface area contributed by atoms with E-state index in [2.05, 4.69) is 15.0 Å². The predicted molar refractivity (Wildman–Crippen MR) is 87.4 cm³/mol. The van der Waals surface area contributed by atoms with Crippen LogP contribution in [0.1, 0.15) is 10.4 Å². The molecule has 5 nitrogen and oxygen atoms in total. The van der Waals surface area contributed by atoms with E-state index in [-0.39, 0.29) is 11.3 Å². The third-order valence-corrected chi connectivity index (χ3v) is 4.17. The van der Waals surface area contributed by atoms with E-state index in [1.807, 2.05) is 12.1 Å². The smallest absolute Gasteiger partial charge is 0.341 e. The van der Waals surface area contributed by atoms with E-state index in [1.54, 1.807) is 12.1 Å². The molecule has 0 radical (unpaired) electrons. The molecule has 112 valence electrons. The van der Waals surface area contributed by atoms with Crippen molar-refractivity contribution in [2.75, 3.05) is 12.4 Å². The number of hydrogen-bond acceptors (Lipinski definition) is 6. The number of rotatable bonds is 3. The van der Waals surface area contributed by atoms with Gasteiger partial charge in [-0.2, -0.15) is 0 Å². The van der Waals surface area contributed by atoms with Crippen LogP contribution in [0.4, 0.5) is 10.8 Å². The molecule has 22 heavy (non-hydrogen) atoms. The van der Waals surface area contributed by atoms with E-state index in [4.69, 9.17) is 11.6 Å². The van der Waals surface area contributed by atoms with Gasteiger partial charge in [0.15, 0.2) is 5.13 Å². The zero-order chi connectivity index (χ0) is 15.7. The van der Waals surface area contributed by atoms with Crippen LogP contribution in [0.15, 0.2) is 36.4 Å². The van der Waals surface area contributed by atoms with Crippen molar-refractivity contribution < 1.29 is 14.6 Å². The second-order valence-electron chi connectivity index (χ2n) is 4.48.